The van der Waals surface area contributed by atoms with E-state index in [1.54, 1.807) is 0 Å². The van der Waals surface area contributed by atoms with Crippen LogP contribution in [0.15, 0.2) is 53.0 Å². The number of aromatic amines is 1. The van der Waals surface area contributed by atoms with Crippen LogP contribution in [-0.2, 0) is 4.79 Å². The molecule has 2 N–H and O–H groups in total. The maximum Gasteiger partial charge on any atom is 0.263 e. The van der Waals surface area contributed by atoms with Gasteiger partial charge in [-0.05, 0) is 48.9 Å². The molecule has 3 rings (SSSR count). The molecule has 5 nitrogen and oxygen atoms in total. The lowest BCUT2D eigenvalue weighted by Crippen LogP contribution is -2.20. The molecular weight excluding hydrogens is 389 g/mol. The van der Waals surface area contributed by atoms with E-state index in [1.807, 2.05) is 31.2 Å². The fraction of sp³-hybridized carbons (Fsp3) is 0.111. The number of hydrogen-bond donors (Lipinski definition) is 2. The number of anilines is 1. The Morgan fingerprint density at radius 3 is 2.56 bits per heavy atom. The Morgan fingerprint density at radius 1 is 1.20 bits per heavy atom. The summed E-state index contributed by atoms with van der Waals surface area (Å²) in [6.07, 6.45) is 0. The van der Waals surface area contributed by atoms with Gasteiger partial charge in [0.15, 0.2) is 12.4 Å². The number of carbonyl (C=O) groups excluding carboxylic acids is 1. The number of benzene rings is 2. The number of amides is 1. The molecule has 0 fully saturated rings. The first-order valence-electron chi connectivity index (χ1n) is 7.52. The molecule has 25 heavy (non-hydrogen) atoms. The number of hydrogen-bond acceptors (Lipinski definition) is 3. The van der Waals surface area contributed by atoms with Crippen LogP contribution in [0.2, 0.25) is 0 Å². The summed E-state index contributed by atoms with van der Waals surface area (Å²) >= 11 is 3.40. The summed E-state index contributed by atoms with van der Waals surface area (Å²) in [7, 11) is 0. The molecule has 128 valence electrons. The van der Waals surface area contributed by atoms with Gasteiger partial charge < -0.3 is 10.1 Å². The van der Waals surface area contributed by atoms with E-state index < -0.39 is 0 Å². The van der Waals surface area contributed by atoms with E-state index in [0.29, 0.717) is 11.6 Å². The first kappa shape index (κ1) is 17.2. The van der Waals surface area contributed by atoms with Crippen LogP contribution in [0.25, 0.3) is 11.1 Å². The van der Waals surface area contributed by atoms with Crippen LogP contribution in [0.1, 0.15) is 5.69 Å². The van der Waals surface area contributed by atoms with Crippen LogP contribution < -0.4 is 10.1 Å². The average Bonchev–Trinajstić information content (AvgIpc) is 2.95. The molecule has 0 bridgehead atoms. The Balaban J connectivity index is 1.69. The predicted octanol–water partition coefficient (Wildman–Crippen LogP) is 4.30. The maximum absolute atomic E-state index is 12.9. The zero-order chi connectivity index (χ0) is 17.8. The second-order valence-electron chi connectivity index (χ2n) is 5.37. The van der Waals surface area contributed by atoms with E-state index in [0.717, 1.165) is 21.3 Å². The molecule has 3 aromatic rings. The summed E-state index contributed by atoms with van der Waals surface area (Å²) in [6.45, 7) is 1.69. The lowest BCUT2D eigenvalue weighted by molar-refractivity contribution is -0.118. The number of aromatic nitrogens is 2. The van der Waals surface area contributed by atoms with Crippen molar-refractivity contribution in [3.8, 4) is 16.9 Å². The highest BCUT2D eigenvalue weighted by atomic mass is 79.9. The van der Waals surface area contributed by atoms with Gasteiger partial charge in [0, 0.05) is 15.7 Å². The number of halogens is 2. The highest BCUT2D eigenvalue weighted by molar-refractivity contribution is 9.10. The quantitative estimate of drug-likeness (QED) is 0.666. The Kier molecular flexibility index (Phi) is 5.14. The molecule has 1 aromatic heterocycles. The molecule has 1 amide bonds. The fourth-order valence-corrected chi connectivity index (χ4v) is 2.60. The van der Waals surface area contributed by atoms with Gasteiger partial charge in [-0.3, -0.25) is 9.89 Å². The number of ether oxygens (including phenoxy) is 1. The zero-order valence-corrected chi connectivity index (χ0v) is 14.9. The molecule has 2 aromatic carbocycles. The third-order valence-corrected chi connectivity index (χ3v) is 4.05. The molecule has 0 spiro atoms. The normalized spacial score (nSPS) is 10.5. The SMILES string of the molecule is Cc1[nH]nc(NC(=O)COc2ccc(F)cc2)c1-c1ccc(Br)cc1. The molecule has 0 saturated heterocycles. The van der Waals surface area contributed by atoms with Crippen LogP contribution in [-0.4, -0.2) is 22.7 Å². The third kappa shape index (κ3) is 4.24. The van der Waals surface area contributed by atoms with Crippen LogP contribution in [0.3, 0.4) is 0 Å². The molecule has 0 unspecified atom stereocenters. The van der Waals surface area contributed by atoms with E-state index >= 15 is 0 Å². The van der Waals surface area contributed by atoms with Crippen LogP contribution in [0.4, 0.5) is 10.2 Å². The zero-order valence-electron chi connectivity index (χ0n) is 13.3. The first-order valence-corrected chi connectivity index (χ1v) is 8.31. The van der Waals surface area contributed by atoms with E-state index in [9.17, 15) is 9.18 Å². The number of aryl methyl sites for hydroxylation is 1. The Hall–Kier alpha value is -2.67. The van der Waals surface area contributed by atoms with E-state index in [1.165, 1.54) is 24.3 Å². The number of rotatable bonds is 5. The van der Waals surface area contributed by atoms with Crippen molar-refractivity contribution in [3.05, 3.63) is 64.5 Å². The first-order chi connectivity index (χ1) is 12.0. The van der Waals surface area contributed by atoms with Gasteiger partial charge in [-0.15, -0.1) is 0 Å². The Labute approximate surface area is 152 Å². The van der Waals surface area contributed by atoms with Gasteiger partial charge in [0.25, 0.3) is 5.91 Å². The third-order valence-electron chi connectivity index (χ3n) is 3.52. The molecule has 0 saturated carbocycles. The minimum Gasteiger partial charge on any atom is -0.484 e. The van der Waals surface area contributed by atoms with Crippen molar-refractivity contribution in [1.82, 2.24) is 10.2 Å². The maximum atomic E-state index is 12.9. The molecule has 7 heteroatoms. The number of nitrogens with zero attached hydrogens (tertiary/aromatic N) is 1. The number of carbonyl (C=O) groups is 1. The van der Waals surface area contributed by atoms with E-state index in [-0.39, 0.29) is 18.3 Å². The van der Waals surface area contributed by atoms with Crippen molar-refractivity contribution in [2.75, 3.05) is 11.9 Å². The minimum atomic E-state index is -0.358. The fourth-order valence-electron chi connectivity index (χ4n) is 2.34. The van der Waals surface area contributed by atoms with Gasteiger partial charge in [0.1, 0.15) is 11.6 Å². The highest BCUT2D eigenvalue weighted by Crippen LogP contribution is 2.30. The van der Waals surface area contributed by atoms with Crippen LogP contribution in [0.5, 0.6) is 5.75 Å². The van der Waals surface area contributed by atoms with Gasteiger partial charge in [-0.1, -0.05) is 28.1 Å². The number of H-pyrrole nitrogens is 1. The summed E-state index contributed by atoms with van der Waals surface area (Å²) in [5.41, 5.74) is 2.60. The molecule has 0 aliphatic heterocycles. The van der Waals surface area contributed by atoms with Crippen LogP contribution in [0, 0.1) is 12.7 Å². The second-order valence-corrected chi connectivity index (χ2v) is 6.29. The van der Waals surface area contributed by atoms with Gasteiger partial charge >= 0.3 is 0 Å². The monoisotopic (exact) mass is 403 g/mol. The van der Waals surface area contributed by atoms with Gasteiger partial charge in [-0.25, -0.2) is 4.39 Å². The van der Waals surface area contributed by atoms with Gasteiger partial charge in [0.05, 0.1) is 0 Å². The van der Waals surface area contributed by atoms with Crippen molar-refractivity contribution in [3.63, 3.8) is 0 Å². The molecule has 1 heterocycles. The predicted molar refractivity (Wildman–Crippen MR) is 97.0 cm³/mol. The van der Waals surface area contributed by atoms with Crippen molar-refractivity contribution in [2.24, 2.45) is 0 Å². The van der Waals surface area contributed by atoms with Gasteiger partial charge in [-0.2, -0.15) is 5.10 Å². The Morgan fingerprint density at radius 2 is 1.88 bits per heavy atom. The molecule has 0 radical (unpaired) electrons. The van der Waals surface area contributed by atoms with Gasteiger partial charge in [0.2, 0.25) is 0 Å². The van der Waals surface area contributed by atoms with Crippen molar-refractivity contribution in [1.29, 1.82) is 0 Å². The summed E-state index contributed by atoms with van der Waals surface area (Å²) < 4.78 is 19.2. The lowest BCUT2D eigenvalue weighted by atomic mass is 10.1. The summed E-state index contributed by atoms with van der Waals surface area (Å²) in [4.78, 5) is 12.1. The summed E-state index contributed by atoms with van der Waals surface area (Å²) in [6, 6.07) is 13.2. The Bertz CT molecular complexity index is 876. The lowest BCUT2D eigenvalue weighted by Gasteiger charge is -2.08. The number of nitrogens with one attached hydrogen (secondary N) is 2. The second kappa shape index (κ2) is 7.48. The van der Waals surface area contributed by atoms with Crippen LogP contribution >= 0.6 is 15.9 Å². The van der Waals surface area contributed by atoms with Crippen molar-refractivity contribution >= 4 is 27.7 Å². The molecule has 0 aliphatic carbocycles. The molecule has 0 atom stereocenters. The topological polar surface area (TPSA) is 67.0 Å². The molecule has 0 aliphatic rings. The standard InChI is InChI=1S/C18H15BrFN3O2/c1-11-17(12-2-4-13(19)5-3-12)18(23-22-11)21-16(24)10-25-15-8-6-14(20)7-9-15/h2-9H,10H2,1H3,(H2,21,22,23,24). The highest BCUT2D eigenvalue weighted by Gasteiger charge is 2.15. The summed E-state index contributed by atoms with van der Waals surface area (Å²) in [5, 5.41) is 9.76. The van der Waals surface area contributed by atoms with Crippen molar-refractivity contribution < 1.29 is 13.9 Å². The largest absolute Gasteiger partial charge is 0.484 e. The van der Waals surface area contributed by atoms with E-state index in [2.05, 4.69) is 31.4 Å². The molecular formula is C18H15BrFN3O2. The van der Waals surface area contributed by atoms with E-state index in [4.69, 9.17) is 4.74 Å². The minimum absolute atomic E-state index is 0.197. The smallest absolute Gasteiger partial charge is 0.263 e. The summed E-state index contributed by atoms with van der Waals surface area (Å²) in [5.74, 6) is 0.146. The van der Waals surface area contributed by atoms with Crippen molar-refractivity contribution in [2.45, 2.75) is 6.92 Å². The average molecular weight is 404 g/mol.